The van der Waals surface area contributed by atoms with Crippen molar-refractivity contribution in [2.45, 2.75) is 52.6 Å². The number of nitrogens with one attached hydrogen (secondary N) is 2. The van der Waals surface area contributed by atoms with Gasteiger partial charge in [0.15, 0.2) is 0 Å². The Morgan fingerprint density at radius 1 is 1.11 bits per heavy atom. The minimum atomic E-state index is 0.0936. The molecule has 0 aliphatic heterocycles. The number of amidine groups is 1. The highest BCUT2D eigenvalue weighted by Crippen LogP contribution is 2.25. The Morgan fingerprint density at radius 3 is 2.44 bits per heavy atom. The Hall–Kier alpha value is -2.80. The average molecular weight is 512 g/mol. The maximum absolute atomic E-state index is 6.48. The van der Waals surface area contributed by atoms with Crippen LogP contribution in [0.2, 0.25) is 0 Å². The average Bonchev–Trinajstić information content (AvgIpc) is 2.81. The molecule has 6 N–H and O–H groups in total. The van der Waals surface area contributed by atoms with Crippen LogP contribution in [0.15, 0.2) is 70.8 Å². The third kappa shape index (κ3) is 10.4. The van der Waals surface area contributed by atoms with Gasteiger partial charge in [-0.1, -0.05) is 50.6 Å². The van der Waals surface area contributed by atoms with E-state index in [1.165, 1.54) is 11.8 Å². The highest BCUT2D eigenvalue weighted by atomic mass is 35.5. The fourth-order valence-corrected chi connectivity index (χ4v) is 3.70. The highest BCUT2D eigenvalue weighted by Gasteiger charge is 2.14. The lowest BCUT2D eigenvalue weighted by Gasteiger charge is -2.20. The van der Waals surface area contributed by atoms with Crippen LogP contribution in [0.25, 0.3) is 0 Å². The van der Waals surface area contributed by atoms with Crippen molar-refractivity contribution in [3.8, 4) is 0 Å². The van der Waals surface area contributed by atoms with Crippen molar-refractivity contribution >= 4 is 28.8 Å². The predicted molar refractivity (Wildman–Crippen MR) is 156 cm³/mol. The standard InChI is InChI=1S/C29H42ClN5O/c1-21(2)36-18-17-33-15-16-34-28(35-25-11-9-23(10-12-25)29(3,4)5)26-13-8-22(20-27(26)32)19-24(30)7-6-14-31/h6-14,20-21,33H,15-19,31-32H2,1-5H3,(H,34,35)/b14-6-,24-7+. The Kier molecular flexibility index (Phi) is 12.0. The van der Waals surface area contributed by atoms with E-state index < -0.39 is 0 Å². The number of nitrogens with zero attached hydrogens (tertiary/aromatic N) is 1. The van der Waals surface area contributed by atoms with Gasteiger partial charge >= 0.3 is 0 Å². The second-order valence-electron chi connectivity index (χ2n) is 9.95. The van der Waals surface area contributed by atoms with Crippen molar-refractivity contribution in [1.29, 1.82) is 0 Å². The molecule has 0 bridgehead atoms. The first kappa shape index (κ1) is 29.4. The van der Waals surface area contributed by atoms with Gasteiger partial charge in [-0.25, -0.2) is 0 Å². The molecule has 2 aromatic carbocycles. The Morgan fingerprint density at radius 2 is 1.83 bits per heavy atom. The number of halogens is 1. The third-order valence-electron chi connectivity index (χ3n) is 5.43. The molecule has 0 radical (unpaired) electrons. The van der Waals surface area contributed by atoms with Gasteiger partial charge in [0.05, 0.1) is 19.3 Å². The molecule has 0 unspecified atom stereocenters. The van der Waals surface area contributed by atoms with Gasteiger partial charge < -0.3 is 26.8 Å². The van der Waals surface area contributed by atoms with Crippen LogP contribution < -0.4 is 22.1 Å². The molecule has 7 heteroatoms. The smallest absolute Gasteiger partial charge is 0.134 e. The quantitative estimate of drug-likeness (QED) is 0.0980. The lowest BCUT2D eigenvalue weighted by molar-refractivity contribution is 0.0810. The number of hydrogen-bond donors (Lipinski definition) is 4. The number of anilines is 2. The third-order valence-corrected chi connectivity index (χ3v) is 5.69. The van der Waals surface area contributed by atoms with Gasteiger partial charge in [-0.3, -0.25) is 4.99 Å². The summed E-state index contributed by atoms with van der Waals surface area (Å²) in [6.07, 6.45) is 5.75. The molecule has 0 fully saturated rings. The summed E-state index contributed by atoms with van der Waals surface area (Å²) in [4.78, 5) is 4.85. The van der Waals surface area contributed by atoms with Crippen LogP contribution in [0.5, 0.6) is 0 Å². The molecule has 0 aliphatic rings. The first-order chi connectivity index (χ1) is 17.1. The number of nitrogens with two attached hydrogens (primary N) is 2. The summed E-state index contributed by atoms with van der Waals surface area (Å²) >= 11 is 6.30. The summed E-state index contributed by atoms with van der Waals surface area (Å²) in [5.41, 5.74) is 16.7. The maximum atomic E-state index is 6.48. The highest BCUT2D eigenvalue weighted by molar-refractivity contribution is 6.29. The molecule has 2 rings (SSSR count). The molecule has 0 saturated carbocycles. The van der Waals surface area contributed by atoms with E-state index in [2.05, 4.69) is 55.7 Å². The van der Waals surface area contributed by atoms with Crippen molar-refractivity contribution in [2.75, 3.05) is 37.3 Å². The number of allylic oxidation sites excluding steroid dienone is 3. The van der Waals surface area contributed by atoms with E-state index >= 15 is 0 Å². The van der Waals surface area contributed by atoms with Gasteiger partial charge in [0, 0.05) is 41.5 Å². The molecule has 0 saturated heterocycles. The lowest BCUT2D eigenvalue weighted by Crippen LogP contribution is -2.25. The Bertz CT molecular complexity index is 1040. The van der Waals surface area contributed by atoms with Crippen molar-refractivity contribution < 1.29 is 4.74 Å². The van der Waals surface area contributed by atoms with Crippen LogP contribution in [0, 0.1) is 0 Å². The largest absolute Gasteiger partial charge is 0.405 e. The zero-order chi connectivity index (χ0) is 26.6. The van der Waals surface area contributed by atoms with Crippen LogP contribution in [0.1, 0.15) is 51.3 Å². The van der Waals surface area contributed by atoms with Crippen molar-refractivity contribution in [3.05, 3.63) is 82.5 Å². The van der Waals surface area contributed by atoms with E-state index in [1.54, 1.807) is 12.2 Å². The molecule has 0 spiro atoms. The molecule has 0 aromatic heterocycles. The van der Waals surface area contributed by atoms with Gasteiger partial charge in [0.2, 0.25) is 0 Å². The van der Waals surface area contributed by atoms with E-state index in [-0.39, 0.29) is 11.5 Å². The topological polar surface area (TPSA) is 97.7 Å². The van der Waals surface area contributed by atoms with Crippen molar-refractivity contribution in [2.24, 2.45) is 10.7 Å². The summed E-state index contributed by atoms with van der Waals surface area (Å²) in [5.74, 6) is 0.732. The number of rotatable bonds is 12. The summed E-state index contributed by atoms with van der Waals surface area (Å²) in [6, 6.07) is 14.4. The van der Waals surface area contributed by atoms with Crippen LogP contribution in [0.3, 0.4) is 0 Å². The number of hydrogen-bond acceptors (Lipinski definition) is 5. The first-order valence-corrected chi connectivity index (χ1v) is 12.8. The zero-order valence-corrected chi connectivity index (χ0v) is 23.0. The van der Waals surface area contributed by atoms with E-state index in [0.29, 0.717) is 30.3 Å². The number of benzene rings is 2. The molecule has 0 aliphatic carbocycles. The predicted octanol–water partition coefficient (Wildman–Crippen LogP) is 5.58. The lowest BCUT2D eigenvalue weighted by atomic mass is 9.87. The van der Waals surface area contributed by atoms with Crippen LogP contribution >= 0.6 is 11.6 Å². The maximum Gasteiger partial charge on any atom is 0.134 e. The second-order valence-corrected chi connectivity index (χ2v) is 10.4. The summed E-state index contributed by atoms with van der Waals surface area (Å²) in [5, 5.41) is 7.53. The Labute approximate surface area is 221 Å². The van der Waals surface area contributed by atoms with Gasteiger partial charge in [0.1, 0.15) is 5.84 Å². The molecular formula is C29H42ClN5O. The van der Waals surface area contributed by atoms with Gasteiger partial charge in [0.25, 0.3) is 0 Å². The minimum absolute atomic E-state index is 0.0936. The zero-order valence-electron chi connectivity index (χ0n) is 22.3. The summed E-state index contributed by atoms with van der Waals surface area (Å²) < 4.78 is 5.58. The number of nitrogen functional groups attached to an aromatic ring is 1. The van der Waals surface area contributed by atoms with Crippen LogP contribution in [-0.4, -0.2) is 38.2 Å². The molecule has 2 aromatic rings. The minimum Gasteiger partial charge on any atom is -0.405 e. The molecule has 36 heavy (non-hydrogen) atoms. The van der Waals surface area contributed by atoms with Gasteiger partial charge in [-0.2, -0.15) is 0 Å². The van der Waals surface area contributed by atoms with E-state index in [0.717, 1.165) is 35.7 Å². The fourth-order valence-electron chi connectivity index (χ4n) is 3.47. The second kappa shape index (κ2) is 14.7. The molecule has 196 valence electrons. The van der Waals surface area contributed by atoms with Crippen molar-refractivity contribution in [3.63, 3.8) is 0 Å². The first-order valence-electron chi connectivity index (χ1n) is 12.5. The van der Waals surface area contributed by atoms with Gasteiger partial charge in [-0.15, -0.1) is 0 Å². The van der Waals surface area contributed by atoms with Crippen molar-refractivity contribution in [1.82, 2.24) is 5.32 Å². The number of aliphatic imine (C=N–C) groups is 1. The van der Waals surface area contributed by atoms with E-state index in [4.69, 9.17) is 32.8 Å². The van der Waals surface area contributed by atoms with Crippen LogP contribution in [-0.2, 0) is 16.6 Å². The van der Waals surface area contributed by atoms with Crippen LogP contribution in [0.4, 0.5) is 11.4 Å². The Balaban J connectivity index is 2.19. The molecule has 0 atom stereocenters. The van der Waals surface area contributed by atoms with Gasteiger partial charge in [-0.05, 0) is 73.0 Å². The molecule has 0 heterocycles. The normalized spacial score (nSPS) is 13.1. The molecule has 6 nitrogen and oxygen atoms in total. The SMILES string of the molecule is CC(C)OCCNCCN=C(Nc1ccc(C(C)(C)C)cc1)c1ccc(C/C(Cl)=C\C=C/N)cc1N. The monoisotopic (exact) mass is 511 g/mol. The summed E-state index contributed by atoms with van der Waals surface area (Å²) in [6.45, 7) is 13.5. The van der Waals surface area contributed by atoms with E-state index in [1.807, 2.05) is 32.0 Å². The van der Waals surface area contributed by atoms with E-state index in [9.17, 15) is 0 Å². The molecular weight excluding hydrogens is 470 g/mol. The summed E-state index contributed by atoms with van der Waals surface area (Å²) in [7, 11) is 0. The molecule has 0 amide bonds. The number of ether oxygens (including phenoxy) is 1. The fraction of sp³-hybridized carbons (Fsp3) is 0.414.